The summed E-state index contributed by atoms with van der Waals surface area (Å²) in [5.41, 5.74) is 4.00. The Morgan fingerprint density at radius 3 is 2.18 bits per heavy atom. The maximum Gasteiger partial charge on any atom is 0.272 e. The third kappa shape index (κ3) is 8.98. The zero-order valence-electron chi connectivity index (χ0n) is 30.4. The molecule has 1 unspecified atom stereocenters. The van der Waals surface area contributed by atoms with Crippen LogP contribution in [-0.2, 0) is 9.59 Å². The molecule has 3 N–H and O–H groups in total. The molecule has 1 atom stereocenters. The molecule has 0 bridgehead atoms. The summed E-state index contributed by atoms with van der Waals surface area (Å²) in [4.78, 5) is 46.4. The first-order valence-corrected chi connectivity index (χ1v) is 19.3. The van der Waals surface area contributed by atoms with Crippen LogP contribution >= 0.6 is 23.1 Å². The van der Waals surface area contributed by atoms with Gasteiger partial charge in [-0.15, -0.1) is 23.1 Å². The zero-order valence-corrected chi connectivity index (χ0v) is 32.0. The Balaban J connectivity index is 1.08. The summed E-state index contributed by atoms with van der Waals surface area (Å²) in [6.45, 7) is 0. The van der Waals surface area contributed by atoms with E-state index in [1.807, 2.05) is 72.1 Å². The Labute approximate surface area is 332 Å². The van der Waals surface area contributed by atoms with E-state index in [0.717, 1.165) is 32.5 Å². The van der Waals surface area contributed by atoms with Gasteiger partial charge in [-0.25, -0.2) is 4.98 Å². The number of thioether (sulfide) groups is 1. The average molecular weight is 777 g/mol. The van der Waals surface area contributed by atoms with Gasteiger partial charge in [0.15, 0.2) is 16.6 Å². The lowest BCUT2D eigenvalue weighted by Gasteiger charge is -2.17. The first kappa shape index (κ1) is 37.6. The van der Waals surface area contributed by atoms with Gasteiger partial charge in [0, 0.05) is 32.7 Å². The molecule has 7 rings (SSSR count). The lowest BCUT2D eigenvalue weighted by Crippen LogP contribution is -2.30. The van der Waals surface area contributed by atoms with Crippen molar-refractivity contribution in [3.05, 3.63) is 173 Å². The van der Waals surface area contributed by atoms with E-state index in [2.05, 4.69) is 40.2 Å². The molecule has 9 nitrogen and oxygen atoms in total. The Morgan fingerprint density at radius 1 is 0.732 bits per heavy atom. The molecular weight excluding hydrogens is 741 g/mol. The second-order valence-corrected chi connectivity index (χ2v) is 14.5. The first-order valence-electron chi connectivity index (χ1n) is 17.6. The monoisotopic (exact) mass is 776 g/mol. The summed E-state index contributed by atoms with van der Waals surface area (Å²) in [6.07, 6.45) is 1.54. The van der Waals surface area contributed by atoms with E-state index in [1.54, 1.807) is 54.6 Å². The van der Waals surface area contributed by atoms with Crippen molar-refractivity contribution in [1.29, 1.82) is 0 Å². The molecule has 0 saturated heterocycles. The number of para-hydroxylation sites is 1. The molecule has 1 aromatic heterocycles. The van der Waals surface area contributed by atoms with Crippen LogP contribution in [0.1, 0.15) is 26.7 Å². The number of nitrogens with one attached hydrogen (secondary N) is 3. The normalized spacial score (nSPS) is 11.7. The highest BCUT2D eigenvalue weighted by molar-refractivity contribution is 8.00. The third-order valence-electron chi connectivity index (χ3n) is 8.75. The fourth-order valence-electron chi connectivity index (χ4n) is 5.96. The van der Waals surface area contributed by atoms with Gasteiger partial charge in [-0.1, -0.05) is 97.1 Å². The Kier molecular flexibility index (Phi) is 11.8. The average Bonchev–Trinajstić information content (AvgIpc) is 3.71. The third-order valence-corrected chi connectivity index (χ3v) is 10.8. The topological polar surface area (TPSA) is 119 Å². The van der Waals surface area contributed by atoms with Gasteiger partial charge in [0.05, 0.1) is 19.9 Å². The summed E-state index contributed by atoms with van der Waals surface area (Å²) in [5, 5.41) is 12.8. The van der Waals surface area contributed by atoms with Crippen LogP contribution in [0.2, 0.25) is 0 Å². The lowest BCUT2D eigenvalue weighted by molar-refractivity contribution is -0.116. The van der Waals surface area contributed by atoms with Crippen LogP contribution in [0.15, 0.2) is 162 Å². The Morgan fingerprint density at radius 2 is 1.45 bits per heavy atom. The highest BCUT2D eigenvalue weighted by Crippen LogP contribution is 2.38. The number of fused-ring (bicyclic) bond motifs is 1. The molecule has 278 valence electrons. The summed E-state index contributed by atoms with van der Waals surface area (Å²) in [5.74, 6) is -0.327. The van der Waals surface area contributed by atoms with E-state index in [9.17, 15) is 14.4 Å². The van der Waals surface area contributed by atoms with E-state index >= 15 is 0 Å². The molecule has 6 aromatic carbocycles. The minimum atomic E-state index is -0.592. The Bertz CT molecular complexity index is 2520. The van der Waals surface area contributed by atoms with Crippen molar-refractivity contribution in [3.63, 3.8) is 0 Å². The number of anilines is 2. The van der Waals surface area contributed by atoms with E-state index in [4.69, 9.17) is 14.5 Å². The minimum Gasteiger partial charge on any atom is -0.493 e. The van der Waals surface area contributed by atoms with Gasteiger partial charge in [0.1, 0.15) is 10.9 Å². The number of nitrogens with zero attached hydrogens (tertiary/aromatic N) is 1. The molecular formula is C45H36N4O5S2. The van der Waals surface area contributed by atoms with Crippen molar-refractivity contribution in [3.8, 4) is 22.8 Å². The van der Waals surface area contributed by atoms with Crippen molar-refractivity contribution in [2.24, 2.45) is 0 Å². The van der Waals surface area contributed by atoms with E-state index < -0.39 is 17.1 Å². The Hall–Kier alpha value is -6.69. The van der Waals surface area contributed by atoms with E-state index in [0.29, 0.717) is 33.4 Å². The van der Waals surface area contributed by atoms with Crippen molar-refractivity contribution < 1.29 is 23.9 Å². The summed E-state index contributed by atoms with van der Waals surface area (Å²) < 4.78 is 11.0. The maximum atomic E-state index is 13.9. The lowest BCUT2D eigenvalue weighted by atomic mass is 10.1. The van der Waals surface area contributed by atoms with Crippen LogP contribution in [0.25, 0.3) is 28.1 Å². The highest BCUT2D eigenvalue weighted by Gasteiger charge is 2.24. The highest BCUT2D eigenvalue weighted by atomic mass is 32.2. The molecule has 0 fully saturated rings. The molecule has 7 aromatic rings. The van der Waals surface area contributed by atoms with Crippen LogP contribution in [0.5, 0.6) is 11.5 Å². The number of carbonyl (C=O) groups excluding carboxylic acids is 3. The molecule has 0 spiro atoms. The van der Waals surface area contributed by atoms with Gasteiger partial charge in [0.25, 0.3) is 11.8 Å². The van der Waals surface area contributed by atoms with Crippen LogP contribution in [0, 0.1) is 0 Å². The van der Waals surface area contributed by atoms with Crippen molar-refractivity contribution in [1.82, 2.24) is 10.3 Å². The second kappa shape index (κ2) is 17.6. The molecule has 0 aliphatic heterocycles. The van der Waals surface area contributed by atoms with Gasteiger partial charge in [-0.2, -0.15) is 0 Å². The van der Waals surface area contributed by atoms with Gasteiger partial charge in [-0.05, 0) is 70.9 Å². The van der Waals surface area contributed by atoms with Crippen molar-refractivity contribution in [2.45, 2.75) is 10.1 Å². The molecule has 0 aliphatic carbocycles. The van der Waals surface area contributed by atoms with E-state index in [-0.39, 0.29) is 11.6 Å². The SMILES string of the molecule is COc1cccc(/C=C(\NC(=O)c2ccccc2)C(=O)Nc2ccc(SC(C(=O)Nc3nc(-c4ccc5ccccc5c4)cs3)c3ccccc3)cc2)c1OC. The van der Waals surface area contributed by atoms with Crippen LogP contribution in [-0.4, -0.2) is 36.9 Å². The van der Waals surface area contributed by atoms with Crippen LogP contribution in [0.3, 0.4) is 0 Å². The summed E-state index contributed by atoms with van der Waals surface area (Å²) in [7, 11) is 3.03. The number of hydrogen-bond donors (Lipinski definition) is 3. The number of thiazole rings is 1. The number of amides is 3. The first-order chi connectivity index (χ1) is 27.4. The van der Waals surface area contributed by atoms with Crippen LogP contribution < -0.4 is 25.4 Å². The fraction of sp³-hybridized carbons (Fsp3) is 0.0667. The smallest absolute Gasteiger partial charge is 0.272 e. The predicted octanol–water partition coefficient (Wildman–Crippen LogP) is 9.86. The summed E-state index contributed by atoms with van der Waals surface area (Å²) in [6, 6.07) is 45.0. The largest absolute Gasteiger partial charge is 0.493 e. The molecule has 0 aliphatic rings. The number of benzene rings is 6. The summed E-state index contributed by atoms with van der Waals surface area (Å²) >= 11 is 2.76. The fourth-order valence-corrected chi connectivity index (χ4v) is 7.71. The number of rotatable bonds is 13. The predicted molar refractivity (Wildman–Crippen MR) is 225 cm³/mol. The molecule has 56 heavy (non-hydrogen) atoms. The number of carbonyl (C=O) groups is 3. The quantitative estimate of drug-likeness (QED) is 0.0788. The van der Waals surface area contributed by atoms with Crippen LogP contribution in [0.4, 0.5) is 10.8 Å². The second-order valence-electron chi connectivity index (χ2n) is 12.4. The molecule has 11 heteroatoms. The van der Waals surface area contributed by atoms with Crippen molar-refractivity contribution >= 4 is 68.5 Å². The van der Waals surface area contributed by atoms with E-state index in [1.165, 1.54) is 43.4 Å². The standard InChI is InChI=1S/C45H36N4O5S2/c1-53-39-19-11-18-34(40(39)54-2)27-37(47-42(50)31-15-7-4-8-16-31)43(51)46-35-22-24-36(25-23-35)56-41(30-13-5-3-6-14-30)44(52)49-45-48-38(28-55-45)33-21-20-29-12-9-10-17-32(29)26-33/h3-28,41H,1-2H3,(H,46,51)(H,47,50)(H,48,49,52)/b37-27-. The number of methoxy groups -OCH3 is 2. The molecule has 0 radical (unpaired) electrons. The number of hydrogen-bond acceptors (Lipinski definition) is 8. The minimum absolute atomic E-state index is 0.00405. The zero-order chi connectivity index (χ0) is 38.9. The molecule has 1 heterocycles. The van der Waals surface area contributed by atoms with Gasteiger partial charge < -0.3 is 25.4 Å². The maximum absolute atomic E-state index is 13.9. The van der Waals surface area contributed by atoms with Crippen molar-refractivity contribution in [2.75, 3.05) is 24.9 Å². The molecule has 0 saturated carbocycles. The van der Waals surface area contributed by atoms with Gasteiger partial charge in [0.2, 0.25) is 5.91 Å². The number of ether oxygens (including phenoxy) is 2. The number of aromatic nitrogens is 1. The van der Waals surface area contributed by atoms with Gasteiger partial charge >= 0.3 is 0 Å². The van der Waals surface area contributed by atoms with Gasteiger partial charge in [-0.3, -0.25) is 14.4 Å². The molecule has 3 amide bonds.